The van der Waals surface area contributed by atoms with Crippen LogP contribution in [0.4, 0.5) is 5.82 Å². The summed E-state index contributed by atoms with van der Waals surface area (Å²) in [5.74, 6) is 0.963. The monoisotopic (exact) mass is 781 g/mol. The quantitative estimate of drug-likeness (QED) is 0.0849. The second-order valence-electron chi connectivity index (χ2n) is 13.6. The highest BCUT2D eigenvalue weighted by Gasteiger charge is 2.44. The van der Waals surface area contributed by atoms with Gasteiger partial charge in [-0.15, -0.1) is 0 Å². The van der Waals surface area contributed by atoms with Crippen molar-refractivity contribution < 1.29 is 38.0 Å². The molecule has 7 rings (SSSR count). The van der Waals surface area contributed by atoms with Gasteiger partial charge >= 0.3 is 11.7 Å². The average molecular weight is 782 g/mol. The smallest absolute Gasteiger partial charge is 0.351 e. The molecule has 1 aliphatic rings. The van der Waals surface area contributed by atoms with Crippen molar-refractivity contribution >= 4 is 17.7 Å². The number of hydrogen-bond donors (Lipinski definition) is 1. The summed E-state index contributed by atoms with van der Waals surface area (Å²) in [6.45, 7) is 1.31. The Balaban J connectivity index is 1.22. The van der Waals surface area contributed by atoms with Crippen molar-refractivity contribution in [3.63, 3.8) is 0 Å². The Morgan fingerprint density at radius 1 is 0.759 bits per heavy atom. The van der Waals surface area contributed by atoms with Gasteiger partial charge in [-0.25, -0.2) is 9.59 Å². The number of nitrogens with zero attached hydrogens (tertiary/aromatic N) is 2. The summed E-state index contributed by atoms with van der Waals surface area (Å²) < 4.78 is 37.8. The van der Waals surface area contributed by atoms with Crippen molar-refractivity contribution in [3.05, 3.63) is 184 Å². The van der Waals surface area contributed by atoms with Gasteiger partial charge in [0.25, 0.3) is 5.91 Å². The maximum atomic E-state index is 13.6. The normalized spacial score (nSPS) is 16.3. The first-order chi connectivity index (χ1) is 28.3. The van der Waals surface area contributed by atoms with Gasteiger partial charge in [-0.05, 0) is 72.1 Å². The molecule has 58 heavy (non-hydrogen) atoms. The van der Waals surface area contributed by atoms with E-state index in [2.05, 4.69) is 10.3 Å². The van der Waals surface area contributed by atoms with E-state index in [1.54, 1.807) is 75.9 Å². The highest BCUT2D eigenvalue weighted by atomic mass is 16.6. The third-order valence-electron chi connectivity index (χ3n) is 9.91. The van der Waals surface area contributed by atoms with E-state index in [9.17, 15) is 14.4 Å². The van der Waals surface area contributed by atoms with Gasteiger partial charge in [-0.1, -0.05) is 91.0 Å². The lowest BCUT2D eigenvalue weighted by atomic mass is 9.80. The molecule has 12 heteroatoms. The van der Waals surface area contributed by atoms with Crippen LogP contribution in [0.3, 0.4) is 0 Å². The van der Waals surface area contributed by atoms with E-state index in [4.69, 9.17) is 28.4 Å². The largest absolute Gasteiger partial charge is 0.497 e. The van der Waals surface area contributed by atoms with Crippen molar-refractivity contribution in [3.8, 4) is 17.2 Å². The molecule has 0 unspecified atom stereocenters. The second-order valence-corrected chi connectivity index (χ2v) is 13.6. The number of para-hydroxylation sites is 1. The van der Waals surface area contributed by atoms with Crippen LogP contribution in [0.15, 0.2) is 151 Å². The highest BCUT2D eigenvalue weighted by molar-refractivity contribution is 6.04. The highest BCUT2D eigenvalue weighted by Crippen LogP contribution is 2.43. The molecule has 0 spiro atoms. The zero-order chi connectivity index (χ0) is 40.5. The number of methoxy groups -OCH3 is 2. The fraction of sp³-hybridized carbons (Fsp3) is 0.217. The number of ether oxygens (including phenoxy) is 6. The van der Waals surface area contributed by atoms with E-state index in [1.165, 1.54) is 4.57 Å². The van der Waals surface area contributed by atoms with Crippen LogP contribution in [0.25, 0.3) is 0 Å². The number of carbonyl (C=O) groups excluding carboxylic acids is 2. The van der Waals surface area contributed by atoms with E-state index in [1.807, 2.05) is 91.0 Å². The van der Waals surface area contributed by atoms with Crippen molar-refractivity contribution in [2.24, 2.45) is 0 Å². The lowest BCUT2D eigenvalue weighted by molar-refractivity contribution is -0.158. The number of hydrogen-bond acceptors (Lipinski definition) is 10. The molecule has 5 aromatic carbocycles. The van der Waals surface area contributed by atoms with Crippen LogP contribution >= 0.6 is 0 Å². The molecule has 0 saturated carbocycles. The van der Waals surface area contributed by atoms with Gasteiger partial charge in [0.15, 0.2) is 6.61 Å². The van der Waals surface area contributed by atoms with E-state index < -0.39 is 41.6 Å². The molecule has 0 radical (unpaired) electrons. The average Bonchev–Trinajstić information content (AvgIpc) is 3.67. The minimum Gasteiger partial charge on any atom is -0.497 e. The maximum absolute atomic E-state index is 13.6. The van der Waals surface area contributed by atoms with Crippen molar-refractivity contribution in [2.45, 2.75) is 37.4 Å². The third kappa shape index (κ3) is 8.78. The number of rotatable bonds is 15. The van der Waals surface area contributed by atoms with Gasteiger partial charge in [0.1, 0.15) is 47.1 Å². The summed E-state index contributed by atoms with van der Waals surface area (Å²) >= 11 is 0. The summed E-state index contributed by atoms with van der Waals surface area (Å²) in [4.78, 5) is 44.1. The van der Waals surface area contributed by atoms with E-state index in [0.29, 0.717) is 28.4 Å². The number of esters is 1. The van der Waals surface area contributed by atoms with Gasteiger partial charge in [-0.3, -0.25) is 9.36 Å². The van der Waals surface area contributed by atoms with Gasteiger partial charge in [0.05, 0.1) is 20.8 Å². The third-order valence-corrected chi connectivity index (χ3v) is 9.91. The fourth-order valence-electron chi connectivity index (χ4n) is 6.96. The van der Waals surface area contributed by atoms with Crippen LogP contribution in [-0.4, -0.2) is 61.1 Å². The summed E-state index contributed by atoms with van der Waals surface area (Å²) in [6.07, 6.45) is -0.932. The Hall–Kier alpha value is -6.76. The Bertz CT molecular complexity index is 2310. The van der Waals surface area contributed by atoms with Crippen LogP contribution in [0, 0.1) is 6.92 Å². The van der Waals surface area contributed by atoms with E-state index in [0.717, 1.165) is 16.7 Å². The molecule has 1 aliphatic heterocycles. The number of nitrogens with one attached hydrogen (secondary N) is 1. The molecule has 1 aromatic heterocycles. The molecular weight excluding hydrogens is 739 g/mol. The number of carbonyl (C=O) groups is 2. The minimum atomic E-state index is -1.19. The van der Waals surface area contributed by atoms with E-state index in [-0.39, 0.29) is 25.5 Å². The van der Waals surface area contributed by atoms with Crippen LogP contribution < -0.4 is 25.2 Å². The van der Waals surface area contributed by atoms with Gasteiger partial charge in [0.2, 0.25) is 0 Å². The first-order valence-corrected chi connectivity index (χ1v) is 18.7. The standard InChI is InChI=1S/C46H43N3O9/c1-31-28-49(45(52)48-43(31)47-44(51)32-13-7-4-8-14-32)41-27-39(58-42(50)30-55-38-17-11-6-12-18-38)40(57-41)29-56-46(33-15-9-5-10-16-33,34-19-23-36(53-2)24-20-34)35-21-25-37(54-3)26-22-35/h4-26,28,39-41H,27,29-30H2,1-3H3,(H,47,48,51,52)/t39-,40+,41+/m0/s1. The zero-order valence-corrected chi connectivity index (χ0v) is 32.3. The maximum Gasteiger partial charge on any atom is 0.351 e. The van der Waals surface area contributed by atoms with Crippen LogP contribution in [0.1, 0.15) is 45.3 Å². The molecule has 12 nitrogen and oxygen atoms in total. The number of anilines is 1. The number of amides is 1. The number of aromatic nitrogens is 2. The first kappa shape index (κ1) is 39.5. The molecular formula is C46H43N3O9. The molecule has 1 saturated heterocycles. The van der Waals surface area contributed by atoms with Gasteiger partial charge in [-0.2, -0.15) is 4.98 Å². The van der Waals surface area contributed by atoms with Crippen molar-refractivity contribution in [2.75, 3.05) is 32.8 Å². The Morgan fingerprint density at radius 2 is 1.31 bits per heavy atom. The second kappa shape index (κ2) is 18.0. The van der Waals surface area contributed by atoms with Gasteiger partial charge in [0, 0.05) is 23.7 Å². The predicted molar refractivity (Wildman–Crippen MR) is 216 cm³/mol. The Morgan fingerprint density at radius 3 is 1.90 bits per heavy atom. The minimum absolute atomic E-state index is 0.0761. The van der Waals surface area contributed by atoms with Crippen LogP contribution in [0.5, 0.6) is 17.2 Å². The van der Waals surface area contributed by atoms with Crippen molar-refractivity contribution in [1.82, 2.24) is 9.55 Å². The number of aryl methyl sites for hydroxylation is 1. The Labute approximate surface area is 335 Å². The van der Waals surface area contributed by atoms with Crippen LogP contribution in [0.2, 0.25) is 0 Å². The molecule has 0 bridgehead atoms. The topological polar surface area (TPSA) is 136 Å². The van der Waals surface area contributed by atoms with E-state index >= 15 is 0 Å². The molecule has 296 valence electrons. The predicted octanol–water partition coefficient (Wildman–Crippen LogP) is 7.11. The van der Waals surface area contributed by atoms with Gasteiger partial charge < -0.3 is 33.7 Å². The lowest BCUT2D eigenvalue weighted by Gasteiger charge is -2.37. The summed E-state index contributed by atoms with van der Waals surface area (Å²) in [6, 6.07) is 42.6. The molecule has 3 atom stereocenters. The first-order valence-electron chi connectivity index (χ1n) is 18.7. The summed E-state index contributed by atoms with van der Waals surface area (Å²) in [5, 5.41) is 2.73. The fourth-order valence-corrected chi connectivity index (χ4v) is 6.96. The number of benzene rings is 5. The summed E-state index contributed by atoms with van der Waals surface area (Å²) in [7, 11) is 3.21. The van der Waals surface area contributed by atoms with Crippen LogP contribution in [-0.2, 0) is 24.6 Å². The molecule has 1 fully saturated rings. The lowest BCUT2D eigenvalue weighted by Crippen LogP contribution is -2.39. The molecule has 1 amide bonds. The zero-order valence-electron chi connectivity index (χ0n) is 32.3. The molecule has 0 aliphatic carbocycles. The SMILES string of the molecule is COc1ccc(C(OC[C@H]2O[C@@H](n3cc(C)c(NC(=O)c4ccccc4)nc3=O)C[C@@H]2OC(=O)COc2ccccc2)(c2ccccc2)c2ccc(OC)cc2)cc1. The molecule has 6 aromatic rings. The summed E-state index contributed by atoms with van der Waals surface area (Å²) in [5.41, 5.74) is 1.52. The molecule has 2 heterocycles. The molecule has 1 N–H and O–H groups in total. The van der Waals surface area contributed by atoms with Crippen molar-refractivity contribution in [1.29, 1.82) is 0 Å². The Kier molecular flexibility index (Phi) is 12.3.